The summed E-state index contributed by atoms with van der Waals surface area (Å²) in [6.07, 6.45) is 6.92. The smallest absolute Gasteiger partial charge is 0.264 e. The van der Waals surface area contributed by atoms with Crippen LogP contribution in [0.25, 0.3) is 6.08 Å². The van der Waals surface area contributed by atoms with Crippen molar-refractivity contribution in [2.75, 3.05) is 13.7 Å². The second kappa shape index (κ2) is 8.95. The number of halogens is 2. The highest BCUT2D eigenvalue weighted by Gasteiger charge is 2.25. The van der Waals surface area contributed by atoms with Crippen molar-refractivity contribution in [2.45, 2.75) is 0 Å². The molecule has 2 aromatic carbocycles. The number of benzene rings is 2. The first kappa shape index (κ1) is 20.0. The number of aliphatic imine (C=N–C) groups is 1. The standard InChI is InChI=1S/C20H14BrFN2O3S/c1-3-8-27-18-12(9-13(21)11-16(18)26-2)10-17-19(25)24-20(28-17)23-15-7-5-4-6-14(15)22/h1,4-7,9-11H,8H2,2H3,(H,23,24,25)/b17-10-. The van der Waals surface area contributed by atoms with Crippen LogP contribution in [-0.4, -0.2) is 24.8 Å². The van der Waals surface area contributed by atoms with E-state index >= 15 is 0 Å². The molecule has 5 nitrogen and oxygen atoms in total. The number of carbonyl (C=O) groups excluding carboxylic acids is 1. The number of rotatable bonds is 5. The fraction of sp³-hybridized carbons (Fsp3) is 0.100. The highest BCUT2D eigenvalue weighted by atomic mass is 79.9. The number of methoxy groups -OCH3 is 1. The molecule has 1 heterocycles. The fourth-order valence-electron chi connectivity index (χ4n) is 2.39. The van der Waals surface area contributed by atoms with Crippen molar-refractivity contribution < 1.29 is 18.7 Å². The van der Waals surface area contributed by atoms with Crippen LogP contribution in [0.5, 0.6) is 11.5 Å². The summed E-state index contributed by atoms with van der Waals surface area (Å²) in [6.45, 7) is 0.0491. The molecule has 0 unspecified atom stereocenters. The zero-order valence-electron chi connectivity index (χ0n) is 14.7. The normalized spacial score (nSPS) is 16.1. The Morgan fingerprint density at radius 1 is 1.39 bits per heavy atom. The third-order valence-electron chi connectivity index (χ3n) is 3.58. The first-order valence-electron chi connectivity index (χ1n) is 7.99. The Hall–Kier alpha value is -2.76. The molecule has 0 bridgehead atoms. The topological polar surface area (TPSA) is 59.9 Å². The highest BCUT2D eigenvalue weighted by Crippen LogP contribution is 2.38. The van der Waals surface area contributed by atoms with Gasteiger partial charge in [-0.3, -0.25) is 4.79 Å². The summed E-state index contributed by atoms with van der Waals surface area (Å²) in [4.78, 5) is 16.9. The zero-order valence-corrected chi connectivity index (χ0v) is 17.1. The molecule has 3 rings (SSSR count). The van der Waals surface area contributed by atoms with Gasteiger partial charge < -0.3 is 14.8 Å². The molecule has 28 heavy (non-hydrogen) atoms. The number of nitrogens with zero attached hydrogens (tertiary/aromatic N) is 1. The zero-order chi connectivity index (χ0) is 20.1. The van der Waals surface area contributed by atoms with Gasteiger partial charge in [-0.1, -0.05) is 34.0 Å². The average molecular weight is 461 g/mol. The van der Waals surface area contributed by atoms with E-state index in [-0.39, 0.29) is 23.4 Å². The summed E-state index contributed by atoms with van der Waals surface area (Å²) < 4.78 is 25.5. The lowest BCUT2D eigenvalue weighted by Gasteiger charge is -2.12. The van der Waals surface area contributed by atoms with Gasteiger partial charge in [0.2, 0.25) is 0 Å². The number of hydrogen-bond donors (Lipinski definition) is 1. The first-order valence-corrected chi connectivity index (χ1v) is 9.60. The van der Waals surface area contributed by atoms with E-state index in [0.29, 0.717) is 22.0 Å². The van der Waals surface area contributed by atoms with Crippen LogP contribution >= 0.6 is 27.7 Å². The van der Waals surface area contributed by atoms with Crippen LogP contribution in [0.2, 0.25) is 0 Å². The lowest BCUT2D eigenvalue weighted by atomic mass is 10.1. The number of carbonyl (C=O) groups is 1. The number of terminal acetylenes is 1. The van der Waals surface area contributed by atoms with Crippen LogP contribution in [0.15, 0.2) is 50.8 Å². The monoisotopic (exact) mass is 460 g/mol. The number of ether oxygens (including phenoxy) is 2. The second-order valence-corrected chi connectivity index (χ2v) is 7.40. The molecule has 0 aromatic heterocycles. The van der Waals surface area contributed by atoms with Gasteiger partial charge in [0.1, 0.15) is 18.1 Å². The predicted molar refractivity (Wildman–Crippen MR) is 112 cm³/mol. The van der Waals surface area contributed by atoms with Crippen molar-refractivity contribution in [2.24, 2.45) is 4.99 Å². The molecule has 0 aliphatic carbocycles. The first-order chi connectivity index (χ1) is 13.5. The number of thioether (sulfide) groups is 1. The van der Waals surface area contributed by atoms with Crippen LogP contribution in [0.1, 0.15) is 5.56 Å². The van der Waals surface area contributed by atoms with Gasteiger partial charge in [-0.05, 0) is 42.1 Å². The predicted octanol–water partition coefficient (Wildman–Crippen LogP) is 4.50. The van der Waals surface area contributed by atoms with Crippen LogP contribution in [0.4, 0.5) is 10.1 Å². The van der Waals surface area contributed by atoms with Gasteiger partial charge in [-0.2, -0.15) is 0 Å². The van der Waals surface area contributed by atoms with Gasteiger partial charge in [0, 0.05) is 10.0 Å². The van der Waals surface area contributed by atoms with Gasteiger partial charge in [0.15, 0.2) is 16.7 Å². The summed E-state index contributed by atoms with van der Waals surface area (Å²) in [5.41, 5.74) is 0.750. The molecule has 0 saturated carbocycles. The maximum Gasteiger partial charge on any atom is 0.264 e. The SMILES string of the molecule is C#CCOc1c(/C=C2\SC(=Nc3ccccc3F)NC2=O)cc(Br)cc1OC. The molecule has 142 valence electrons. The number of nitrogens with one attached hydrogen (secondary N) is 1. The second-order valence-electron chi connectivity index (χ2n) is 5.45. The summed E-state index contributed by atoms with van der Waals surface area (Å²) >= 11 is 4.51. The van der Waals surface area contributed by atoms with E-state index in [0.717, 1.165) is 16.2 Å². The Bertz CT molecular complexity index is 1030. The van der Waals surface area contributed by atoms with Crippen molar-refractivity contribution in [3.63, 3.8) is 0 Å². The van der Waals surface area contributed by atoms with E-state index in [9.17, 15) is 9.18 Å². The van der Waals surface area contributed by atoms with Gasteiger partial charge in [0.05, 0.1) is 12.0 Å². The number of para-hydroxylation sites is 1. The number of amides is 1. The summed E-state index contributed by atoms with van der Waals surface area (Å²) in [5.74, 6) is 2.48. The van der Waals surface area contributed by atoms with E-state index < -0.39 is 5.82 Å². The molecule has 1 aliphatic rings. The van der Waals surface area contributed by atoms with Gasteiger partial charge in [-0.15, -0.1) is 6.42 Å². The maximum absolute atomic E-state index is 13.8. The molecule has 0 radical (unpaired) electrons. The van der Waals surface area contributed by atoms with E-state index in [4.69, 9.17) is 15.9 Å². The largest absolute Gasteiger partial charge is 0.493 e. The molecular formula is C20H14BrFN2O3S. The Labute approximate surface area is 174 Å². The molecule has 1 saturated heterocycles. The summed E-state index contributed by atoms with van der Waals surface area (Å²) in [5, 5.41) is 2.92. The highest BCUT2D eigenvalue weighted by molar-refractivity contribution is 9.10. The fourth-order valence-corrected chi connectivity index (χ4v) is 3.67. The Kier molecular flexibility index (Phi) is 6.39. The minimum atomic E-state index is -0.469. The summed E-state index contributed by atoms with van der Waals surface area (Å²) in [6, 6.07) is 9.59. The molecule has 8 heteroatoms. The van der Waals surface area contributed by atoms with Crippen LogP contribution in [0.3, 0.4) is 0 Å². The Balaban J connectivity index is 1.96. The molecule has 1 fully saturated rings. The van der Waals surface area contributed by atoms with E-state index in [2.05, 4.69) is 32.2 Å². The molecule has 1 aliphatic heterocycles. The maximum atomic E-state index is 13.8. The molecule has 2 aromatic rings. The Morgan fingerprint density at radius 2 is 2.18 bits per heavy atom. The lowest BCUT2D eigenvalue weighted by molar-refractivity contribution is -0.115. The van der Waals surface area contributed by atoms with Crippen molar-refractivity contribution in [1.29, 1.82) is 0 Å². The van der Waals surface area contributed by atoms with Crippen LogP contribution in [0, 0.1) is 18.2 Å². The van der Waals surface area contributed by atoms with E-state index in [1.54, 1.807) is 30.3 Å². The van der Waals surface area contributed by atoms with E-state index in [1.807, 2.05) is 0 Å². The van der Waals surface area contributed by atoms with Crippen molar-refractivity contribution in [3.05, 3.63) is 57.2 Å². The minimum Gasteiger partial charge on any atom is -0.493 e. The molecule has 0 spiro atoms. The molecule has 1 N–H and O–H groups in total. The minimum absolute atomic E-state index is 0.0491. The third kappa shape index (κ3) is 4.55. The Morgan fingerprint density at radius 3 is 2.89 bits per heavy atom. The van der Waals surface area contributed by atoms with Crippen molar-refractivity contribution >= 4 is 50.5 Å². The number of hydrogen-bond acceptors (Lipinski definition) is 5. The quantitative estimate of drug-likeness (QED) is 0.526. The van der Waals surface area contributed by atoms with Gasteiger partial charge >= 0.3 is 0 Å². The van der Waals surface area contributed by atoms with E-state index in [1.165, 1.54) is 19.2 Å². The van der Waals surface area contributed by atoms with Crippen LogP contribution < -0.4 is 14.8 Å². The number of amidine groups is 1. The molecule has 0 atom stereocenters. The average Bonchev–Trinajstić information content (AvgIpc) is 3.01. The van der Waals surface area contributed by atoms with Crippen LogP contribution in [-0.2, 0) is 4.79 Å². The van der Waals surface area contributed by atoms with Gasteiger partial charge in [-0.25, -0.2) is 9.38 Å². The molecule has 1 amide bonds. The lowest BCUT2D eigenvalue weighted by Crippen LogP contribution is -2.19. The van der Waals surface area contributed by atoms with Gasteiger partial charge in [0.25, 0.3) is 5.91 Å². The summed E-state index contributed by atoms with van der Waals surface area (Å²) in [7, 11) is 1.51. The van der Waals surface area contributed by atoms with Crippen molar-refractivity contribution in [1.82, 2.24) is 5.32 Å². The van der Waals surface area contributed by atoms with Crippen molar-refractivity contribution in [3.8, 4) is 23.8 Å². The molecular weight excluding hydrogens is 447 g/mol. The third-order valence-corrected chi connectivity index (χ3v) is 4.95.